The van der Waals surface area contributed by atoms with Crippen molar-refractivity contribution in [1.82, 2.24) is 0 Å². The van der Waals surface area contributed by atoms with E-state index < -0.39 is 0 Å². The van der Waals surface area contributed by atoms with Crippen molar-refractivity contribution >= 4 is 28.9 Å². The van der Waals surface area contributed by atoms with Crippen molar-refractivity contribution in [3.8, 4) is 17.2 Å². The summed E-state index contributed by atoms with van der Waals surface area (Å²) in [6, 6.07) is 12.9. The van der Waals surface area contributed by atoms with Crippen molar-refractivity contribution in [1.29, 1.82) is 5.26 Å². The first kappa shape index (κ1) is 12.8. The van der Waals surface area contributed by atoms with Gasteiger partial charge in [-0.05, 0) is 29.3 Å². The van der Waals surface area contributed by atoms with Crippen molar-refractivity contribution in [2.24, 2.45) is 0 Å². The van der Waals surface area contributed by atoms with E-state index in [0.29, 0.717) is 15.7 Å². The fourth-order valence-electron chi connectivity index (χ4n) is 1.77. The molecule has 0 bridgehead atoms. The molecule has 0 spiro atoms. The van der Waals surface area contributed by atoms with E-state index in [1.54, 1.807) is 24.3 Å². The molecule has 0 heterocycles. The summed E-state index contributed by atoms with van der Waals surface area (Å²) in [5, 5.41) is 9.93. The van der Waals surface area contributed by atoms with E-state index in [1.165, 1.54) is 0 Å². The Kier molecular flexibility index (Phi) is 3.76. The largest absolute Gasteiger partial charge is 0.398 e. The maximum Gasteiger partial charge on any atom is 0.0670 e. The van der Waals surface area contributed by atoms with Gasteiger partial charge in [-0.3, -0.25) is 0 Å². The molecular formula is C14H10Cl2N2. The zero-order valence-corrected chi connectivity index (χ0v) is 11.0. The molecule has 0 unspecified atom stereocenters. The SMILES string of the molecule is N#CCc1ccc(N)c(-c2ccc(Cl)cc2)c1Cl. The molecule has 2 aromatic rings. The second-order valence-electron chi connectivity index (χ2n) is 3.84. The smallest absolute Gasteiger partial charge is 0.0670 e. The van der Waals surface area contributed by atoms with E-state index in [2.05, 4.69) is 6.07 Å². The van der Waals surface area contributed by atoms with E-state index in [1.807, 2.05) is 12.1 Å². The van der Waals surface area contributed by atoms with Crippen molar-refractivity contribution in [3.05, 3.63) is 52.0 Å². The number of rotatable bonds is 2. The minimum Gasteiger partial charge on any atom is -0.398 e. The lowest BCUT2D eigenvalue weighted by molar-refractivity contribution is 1.26. The molecule has 0 amide bonds. The van der Waals surface area contributed by atoms with Gasteiger partial charge in [0.05, 0.1) is 17.5 Å². The topological polar surface area (TPSA) is 49.8 Å². The van der Waals surface area contributed by atoms with Crippen LogP contribution in [0.25, 0.3) is 11.1 Å². The fraction of sp³-hybridized carbons (Fsp3) is 0.0714. The number of nitrogens with two attached hydrogens (primary N) is 1. The Morgan fingerprint density at radius 1 is 1.06 bits per heavy atom. The summed E-state index contributed by atoms with van der Waals surface area (Å²) in [5.74, 6) is 0. The lowest BCUT2D eigenvalue weighted by atomic mass is 10.00. The second kappa shape index (κ2) is 5.30. The third-order valence-corrected chi connectivity index (χ3v) is 3.34. The van der Waals surface area contributed by atoms with Crippen molar-refractivity contribution in [3.63, 3.8) is 0 Å². The first-order chi connectivity index (χ1) is 8.63. The van der Waals surface area contributed by atoms with Gasteiger partial charge in [0.25, 0.3) is 0 Å². The van der Waals surface area contributed by atoms with Crippen LogP contribution in [0.15, 0.2) is 36.4 Å². The van der Waals surface area contributed by atoms with Gasteiger partial charge in [-0.15, -0.1) is 0 Å². The highest BCUT2D eigenvalue weighted by atomic mass is 35.5. The molecule has 2 nitrogen and oxygen atoms in total. The molecule has 2 aromatic carbocycles. The second-order valence-corrected chi connectivity index (χ2v) is 4.66. The average Bonchev–Trinajstić information content (AvgIpc) is 2.35. The van der Waals surface area contributed by atoms with Crippen LogP contribution in [0.4, 0.5) is 5.69 Å². The monoisotopic (exact) mass is 276 g/mol. The highest BCUT2D eigenvalue weighted by Crippen LogP contribution is 2.36. The van der Waals surface area contributed by atoms with E-state index in [4.69, 9.17) is 34.2 Å². The number of nitrogens with zero attached hydrogens (tertiary/aromatic N) is 1. The van der Waals surface area contributed by atoms with Gasteiger partial charge in [-0.2, -0.15) is 5.26 Å². The molecule has 0 saturated heterocycles. The van der Waals surface area contributed by atoms with Crippen LogP contribution in [0, 0.1) is 11.3 Å². The third-order valence-electron chi connectivity index (χ3n) is 2.66. The number of halogens is 2. The van der Waals surface area contributed by atoms with E-state index in [0.717, 1.165) is 16.7 Å². The van der Waals surface area contributed by atoms with Crippen LogP contribution in [-0.2, 0) is 6.42 Å². The van der Waals surface area contributed by atoms with Gasteiger partial charge in [0.2, 0.25) is 0 Å². The molecule has 18 heavy (non-hydrogen) atoms. The first-order valence-electron chi connectivity index (χ1n) is 5.33. The van der Waals surface area contributed by atoms with Crippen LogP contribution in [-0.4, -0.2) is 0 Å². The minimum atomic E-state index is 0.264. The zero-order chi connectivity index (χ0) is 13.1. The lowest BCUT2D eigenvalue weighted by Crippen LogP contribution is -1.94. The molecule has 0 radical (unpaired) electrons. The van der Waals surface area contributed by atoms with Crippen molar-refractivity contribution in [2.75, 3.05) is 5.73 Å². The summed E-state index contributed by atoms with van der Waals surface area (Å²) in [6.45, 7) is 0. The van der Waals surface area contributed by atoms with Crippen LogP contribution in [0.5, 0.6) is 0 Å². The predicted octanol–water partition coefficient (Wildman–Crippen LogP) is 4.31. The van der Waals surface area contributed by atoms with Crippen LogP contribution in [0.2, 0.25) is 10.0 Å². The summed E-state index contributed by atoms with van der Waals surface area (Å²) in [4.78, 5) is 0. The number of nitriles is 1. The number of hydrogen-bond donors (Lipinski definition) is 1. The van der Waals surface area contributed by atoms with Gasteiger partial charge < -0.3 is 5.73 Å². The molecule has 0 atom stereocenters. The van der Waals surface area contributed by atoms with Crippen LogP contribution in [0.1, 0.15) is 5.56 Å². The van der Waals surface area contributed by atoms with E-state index in [-0.39, 0.29) is 6.42 Å². The number of anilines is 1. The predicted molar refractivity (Wildman–Crippen MR) is 75.6 cm³/mol. The summed E-state index contributed by atoms with van der Waals surface area (Å²) in [6.07, 6.45) is 0.264. The van der Waals surface area contributed by atoms with Crippen molar-refractivity contribution < 1.29 is 0 Å². The highest BCUT2D eigenvalue weighted by Gasteiger charge is 2.11. The highest BCUT2D eigenvalue weighted by molar-refractivity contribution is 6.35. The molecule has 2 rings (SSSR count). The summed E-state index contributed by atoms with van der Waals surface area (Å²) in [5.41, 5.74) is 8.96. The van der Waals surface area contributed by atoms with Gasteiger partial charge >= 0.3 is 0 Å². The minimum absolute atomic E-state index is 0.264. The Balaban J connectivity index is 2.59. The number of nitrogen functional groups attached to an aromatic ring is 1. The molecule has 2 N–H and O–H groups in total. The molecule has 90 valence electrons. The quantitative estimate of drug-likeness (QED) is 0.831. The summed E-state index contributed by atoms with van der Waals surface area (Å²) in [7, 11) is 0. The molecule has 0 aromatic heterocycles. The fourth-order valence-corrected chi connectivity index (χ4v) is 2.24. The van der Waals surface area contributed by atoms with Crippen LogP contribution >= 0.6 is 23.2 Å². The molecule has 0 aliphatic heterocycles. The van der Waals surface area contributed by atoms with Gasteiger partial charge in [0, 0.05) is 16.3 Å². The zero-order valence-electron chi connectivity index (χ0n) is 9.45. The summed E-state index contributed by atoms with van der Waals surface area (Å²) < 4.78 is 0. The molecular weight excluding hydrogens is 267 g/mol. The van der Waals surface area contributed by atoms with Crippen LogP contribution in [0.3, 0.4) is 0 Å². The maximum absolute atomic E-state index is 8.75. The van der Waals surface area contributed by atoms with Crippen LogP contribution < -0.4 is 5.73 Å². The van der Waals surface area contributed by atoms with Gasteiger partial charge in [-0.1, -0.05) is 41.4 Å². The van der Waals surface area contributed by atoms with Crippen molar-refractivity contribution in [2.45, 2.75) is 6.42 Å². The van der Waals surface area contributed by atoms with Gasteiger partial charge in [-0.25, -0.2) is 0 Å². The molecule has 4 heteroatoms. The maximum atomic E-state index is 8.75. The summed E-state index contributed by atoms with van der Waals surface area (Å²) >= 11 is 12.2. The van der Waals surface area contributed by atoms with Gasteiger partial charge in [0.1, 0.15) is 0 Å². The molecule has 0 saturated carbocycles. The number of benzene rings is 2. The van der Waals surface area contributed by atoms with E-state index in [9.17, 15) is 0 Å². The molecule has 0 fully saturated rings. The standard InChI is InChI=1S/C14H10Cl2N2/c15-11-4-1-9(2-5-11)13-12(18)6-3-10(7-8-17)14(13)16/h1-6H,7,18H2. The van der Waals surface area contributed by atoms with E-state index >= 15 is 0 Å². The third kappa shape index (κ3) is 2.43. The average molecular weight is 277 g/mol. The molecule has 0 aliphatic carbocycles. The Morgan fingerprint density at radius 2 is 1.72 bits per heavy atom. The first-order valence-corrected chi connectivity index (χ1v) is 6.09. The Morgan fingerprint density at radius 3 is 2.33 bits per heavy atom. The normalized spacial score (nSPS) is 10.1. The Labute approximate surface area is 116 Å². The van der Waals surface area contributed by atoms with Gasteiger partial charge in [0.15, 0.2) is 0 Å². The Bertz CT molecular complexity index is 613. The molecule has 0 aliphatic rings. The number of hydrogen-bond acceptors (Lipinski definition) is 2. The lowest BCUT2D eigenvalue weighted by Gasteiger charge is -2.11. The Hall–Kier alpha value is -1.69.